The van der Waals surface area contributed by atoms with E-state index in [4.69, 9.17) is 5.73 Å². The van der Waals surface area contributed by atoms with E-state index in [0.717, 1.165) is 18.5 Å². The van der Waals surface area contributed by atoms with E-state index in [2.05, 4.69) is 11.4 Å². The van der Waals surface area contributed by atoms with Gasteiger partial charge in [0.25, 0.3) is 0 Å². The number of hydrogen-bond acceptors (Lipinski definition) is 2. The summed E-state index contributed by atoms with van der Waals surface area (Å²) in [6.07, 6.45) is 4.64. The van der Waals surface area contributed by atoms with E-state index < -0.39 is 6.04 Å². The van der Waals surface area contributed by atoms with Crippen molar-refractivity contribution < 1.29 is 4.79 Å². The molecular formula is C13H19ClN2O. The Kier molecular flexibility index (Phi) is 4.97. The lowest BCUT2D eigenvalue weighted by atomic mass is 9.90. The number of nitrogens with two attached hydrogens (primary N) is 1. The van der Waals surface area contributed by atoms with E-state index >= 15 is 0 Å². The SMILES string of the molecule is C[C@@H](N)C(=O)Nc1cccc2c1CCCC2.Cl. The summed E-state index contributed by atoms with van der Waals surface area (Å²) >= 11 is 0. The van der Waals surface area contributed by atoms with Crippen LogP contribution in [-0.2, 0) is 17.6 Å². The molecule has 0 fully saturated rings. The number of carbonyl (C=O) groups is 1. The number of carbonyl (C=O) groups excluding carboxylic acids is 1. The van der Waals surface area contributed by atoms with E-state index in [-0.39, 0.29) is 18.3 Å². The molecule has 1 atom stereocenters. The van der Waals surface area contributed by atoms with Gasteiger partial charge in [0.2, 0.25) is 5.91 Å². The summed E-state index contributed by atoms with van der Waals surface area (Å²) in [5, 5.41) is 2.91. The van der Waals surface area contributed by atoms with Gasteiger partial charge in [0.15, 0.2) is 0 Å². The minimum atomic E-state index is -0.459. The third kappa shape index (κ3) is 3.20. The molecule has 0 saturated heterocycles. The van der Waals surface area contributed by atoms with Gasteiger partial charge >= 0.3 is 0 Å². The fourth-order valence-corrected chi connectivity index (χ4v) is 2.15. The predicted molar refractivity (Wildman–Crippen MR) is 72.6 cm³/mol. The van der Waals surface area contributed by atoms with Gasteiger partial charge in [-0.25, -0.2) is 0 Å². The molecule has 4 heteroatoms. The largest absolute Gasteiger partial charge is 0.324 e. The monoisotopic (exact) mass is 254 g/mol. The Morgan fingerprint density at radius 2 is 2.06 bits per heavy atom. The van der Waals surface area contributed by atoms with Crippen molar-refractivity contribution in [3.63, 3.8) is 0 Å². The maximum Gasteiger partial charge on any atom is 0.241 e. The molecule has 2 rings (SSSR count). The van der Waals surface area contributed by atoms with Crippen molar-refractivity contribution in [2.75, 3.05) is 5.32 Å². The molecule has 0 spiro atoms. The molecule has 1 aliphatic rings. The van der Waals surface area contributed by atoms with Crippen LogP contribution >= 0.6 is 12.4 Å². The average molecular weight is 255 g/mol. The van der Waals surface area contributed by atoms with Crippen molar-refractivity contribution in [3.8, 4) is 0 Å². The van der Waals surface area contributed by atoms with Crippen molar-refractivity contribution in [1.82, 2.24) is 0 Å². The summed E-state index contributed by atoms with van der Waals surface area (Å²) in [6.45, 7) is 1.70. The number of aryl methyl sites for hydroxylation is 1. The first-order chi connectivity index (χ1) is 7.68. The lowest BCUT2D eigenvalue weighted by molar-refractivity contribution is -0.117. The van der Waals surface area contributed by atoms with Gasteiger partial charge in [-0.1, -0.05) is 12.1 Å². The summed E-state index contributed by atoms with van der Waals surface area (Å²) in [7, 11) is 0. The molecule has 1 aliphatic carbocycles. The second-order valence-electron chi connectivity index (χ2n) is 4.43. The summed E-state index contributed by atoms with van der Waals surface area (Å²) in [5.41, 5.74) is 9.16. The molecule has 3 N–H and O–H groups in total. The molecule has 1 aromatic rings. The van der Waals surface area contributed by atoms with Crippen LogP contribution in [0.1, 0.15) is 30.9 Å². The molecule has 0 bridgehead atoms. The van der Waals surface area contributed by atoms with Gasteiger partial charge < -0.3 is 11.1 Å². The highest BCUT2D eigenvalue weighted by atomic mass is 35.5. The van der Waals surface area contributed by atoms with Crippen LogP contribution in [0.15, 0.2) is 18.2 Å². The molecule has 0 unspecified atom stereocenters. The van der Waals surface area contributed by atoms with Crippen LogP contribution in [0, 0.1) is 0 Å². The summed E-state index contributed by atoms with van der Waals surface area (Å²) < 4.78 is 0. The summed E-state index contributed by atoms with van der Waals surface area (Å²) in [5.74, 6) is -0.112. The highest BCUT2D eigenvalue weighted by molar-refractivity contribution is 5.95. The van der Waals surface area contributed by atoms with Crippen LogP contribution in [0.2, 0.25) is 0 Å². The van der Waals surface area contributed by atoms with Crippen molar-refractivity contribution >= 4 is 24.0 Å². The zero-order chi connectivity index (χ0) is 11.5. The molecule has 1 amide bonds. The molecule has 1 aromatic carbocycles. The second-order valence-corrected chi connectivity index (χ2v) is 4.43. The molecule has 0 aromatic heterocycles. The second kappa shape index (κ2) is 6.03. The molecule has 0 aliphatic heterocycles. The van der Waals surface area contributed by atoms with E-state index in [1.54, 1.807) is 6.92 Å². The lowest BCUT2D eigenvalue weighted by Crippen LogP contribution is -2.33. The van der Waals surface area contributed by atoms with E-state index in [1.807, 2.05) is 12.1 Å². The average Bonchev–Trinajstić information content (AvgIpc) is 2.29. The van der Waals surface area contributed by atoms with Gasteiger partial charge in [0, 0.05) is 5.69 Å². The van der Waals surface area contributed by atoms with E-state index in [1.165, 1.54) is 24.0 Å². The van der Waals surface area contributed by atoms with Crippen molar-refractivity contribution in [2.45, 2.75) is 38.6 Å². The molecule has 94 valence electrons. The first-order valence-electron chi connectivity index (χ1n) is 5.85. The predicted octanol–water partition coefficient (Wildman–Crippen LogP) is 2.27. The standard InChI is InChI=1S/C13H18N2O.ClH/c1-9(14)13(16)15-12-8-4-6-10-5-2-3-7-11(10)12;/h4,6,8-9H,2-3,5,7,14H2,1H3,(H,15,16);1H/t9-;/m1./s1. The quantitative estimate of drug-likeness (QED) is 0.851. The van der Waals surface area contributed by atoms with Crippen LogP contribution in [-0.4, -0.2) is 11.9 Å². The number of fused-ring (bicyclic) bond motifs is 1. The van der Waals surface area contributed by atoms with Crippen molar-refractivity contribution in [2.24, 2.45) is 5.73 Å². The number of hydrogen-bond donors (Lipinski definition) is 2. The number of benzene rings is 1. The molecule has 0 heterocycles. The fourth-order valence-electron chi connectivity index (χ4n) is 2.15. The highest BCUT2D eigenvalue weighted by Crippen LogP contribution is 2.27. The number of halogens is 1. The fraction of sp³-hybridized carbons (Fsp3) is 0.462. The third-order valence-electron chi connectivity index (χ3n) is 3.07. The normalized spacial score (nSPS) is 15.4. The van der Waals surface area contributed by atoms with E-state index in [9.17, 15) is 4.79 Å². The smallest absolute Gasteiger partial charge is 0.241 e. The van der Waals surface area contributed by atoms with Crippen LogP contribution in [0.4, 0.5) is 5.69 Å². The molecule has 0 saturated carbocycles. The van der Waals surface area contributed by atoms with Gasteiger partial charge in [0.05, 0.1) is 6.04 Å². The maximum absolute atomic E-state index is 11.6. The van der Waals surface area contributed by atoms with Crippen LogP contribution in [0.25, 0.3) is 0 Å². The van der Waals surface area contributed by atoms with Crippen LogP contribution in [0.5, 0.6) is 0 Å². The molecular weight excluding hydrogens is 236 g/mol. The first-order valence-corrected chi connectivity index (χ1v) is 5.85. The Morgan fingerprint density at radius 3 is 2.76 bits per heavy atom. The number of amides is 1. The first kappa shape index (κ1) is 14.0. The Balaban J connectivity index is 0.00000144. The minimum absolute atomic E-state index is 0. The van der Waals surface area contributed by atoms with Crippen molar-refractivity contribution in [3.05, 3.63) is 29.3 Å². The van der Waals surface area contributed by atoms with Crippen molar-refractivity contribution in [1.29, 1.82) is 0 Å². The Morgan fingerprint density at radius 1 is 1.35 bits per heavy atom. The summed E-state index contributed by atoms with van der Waals surface area (Å²) in [4.78, 5) is 11.6. The van der Waals surface area contributed by atoms with Crippen LogP contribution < -0.4 is 11.1 Å². The Labute approximate surface area is 108 Å². The van der Waals surface area contributed by atoms with Gasteiger partial charge in [-0.05, 0) is 49.8 Å². The van der Waals surface area contributed by atoms with Gasteiger partial charge in [0.1, 0.15) is 0 Å². The van der Waals surface area contributed by atoms with Gasteiger partial charge in [-0.3, -0.25) is 4.79 Å². The lowest BCUT2D eigenvalue weighted by Gasteiger charge is -2.20. The minimum Gasteiger partial charge on any atom is -0.324 e. The Bertz CT molecular complexity index is 404. The summed E-state index contributed by atoms with van der Waals surface area (Å²) in [6, 6.07) is 5.65. The maximum atomic E-state index is 11.6. The number of anilines is 1. The van der Waals surface area contributed by atoms with Gasteiger partial charge in [-0.2, -0.15) is 0 Å². The zero-order valence-corrected chi connectivity index (χ0v) is 10.8. The van der Waals surface area contributed by atoms with Gasteiger partial charge in [-0.15, -0.1) is 12.4 Å². The molecule has 17 heavy (non-hydrogen) atoms. The highest BCUT2D eigenvalue weighted by Gasteiger charge is 2.15. The number of nitrogens with one attached hydrogen (secondary N) is 1. The topological polar surface area (TPSA) is 55.1 Å². The Hall–Kier alpha value is -1.06. The van der Waals surface area contributed by atoms with Crippen LogP contribution in [0.3, 0.4) is 0 Å². The van der Waals surface area contributed by atoms with E-state index in [0.29, 0.717) is 0 Å². The third-order valence-corrected chi connectivity index (χ3v) is 3.07. The molecule has 3 nitrogen and oxygen atoms in total. The number of rotatable bonds is 2. The molecule has 0 radical (unpaired) electrons. The zero-order valence-electron chi connectivity index (χ0n) is 10.0.